The van der Waals surface area contributed by atoms with Crippen LogP contribution in [0.2, 0.25) is 10.0 Å². The molecule has 1 N–H and O–H groups in total. The zero-order valence-corrected chi connectivity index (χ0v) is 8.66. The molecule has 0 unspecified atom stereocenters. The lowest BCUT2D eigenvalue weighted by Crippen LogP contribution is -1.66. The number of hydrogen-bond acceptors (Lipinski definition) is 2. The van der Waals surface area contributed by atoms with E-state index in [0.717, 1.165) is 0 Å². The number of benzene rings is 1. The van der Waals surface area contributed by atoms with Crippen LogP contribution in [0, 0.1) is 0 Å². The monoisotopic (exact) mass is 230 g/mol. The fourth-order valence-corrected chi connectivity index (χ4v) is 1.12. The van der Waals surface area contributed by atoms with Gasteiger partial charge in [-0.15, -0.1) is 0 Å². The van der Waals surface area contributed by atoms with Gasteiger partial charge in [0, 0.05) is 5.02 Å². The van der Waals surface area contributed by atoms with Crippen molar-refractivity contribution in [3.63, 3.8) is 0 Å². The molecule has 0 fully saturated rings. The minimum Gasteiger partial charge on any atom is -0.506 e. The first-order valence-electron chi connectivity index (χ1n) is 3.81. The number of furan rings is 1. The summed E-state index contributed by atoms with van der Waals surface area (Å²) in [5.74, 6) is 0.0565. The molecule has 2 nitrogen and oxygen atoms in total. The fourth-order valence-electron chi connectivity index (χ4n) is 0.708. The Hall–Kier alpha value is -1.12. The summed E-state index contributed by atoms with van der Waals surface area (Å²) in [6.07, 6.45) is 3.25. The van der Waals surface area contributed by atoms with Crippen LogP contribution in [0.5, 0.6) is 5.75 Å². The molecule has 2 aromatic rings. The molecule has 4 heteroatoms. The Kier molecular flexibility index (Phi) is 4.36. The highest BCUT2D eigenvalue weighted by Crippen LogP contribution is 2.25. The van der Waals surface area contributed by atoms with Crippen LogP contribution in [0.1, 0.15) is 0 Å². The summed E-state index contributed by atoms with van der Waals surface area (Å²) >= 11 is 11.0. The quantitative estimate of drug-likeness (QED) is 0.743. The Labute approximate surface area is 91.7 Å². The van der Waals surface area contributed by atoms with Crippen LogP contribution in [0.4, 0.5) is 0 Å². The summed E-state index contributed by atoms with van der Waals surface area (Å²) in [4.78, 5) is 0. The molecule has 0 amide bonds. The van der Waals surface area contributed by atoms with Gasteiger partial charge in [0.15, 0.2) is 0 Å². The van der Waals surface area contributed by atoms with Gasteiger partial charge in [-0.05, 0) is 30.3 Å². The van der Waals surface area contributed by atoms with Gasteiger partial charge >= 0.3 is 0 Å². The number of rotatable bonds is 0. The van der Waals surface area contributed by atoms with Crippen LogP contribution in [-0.4, -0.2) is 5.11 Å². The summed E-state index contributed by atoms with van der Waals surface area (Å²) in [7, 11) is 0. The predicted octanol–water partition coefficient (Wildman–Crippen LogP) is 3.98. The third-order valence-corrected chi connectivity index (χ3v) is 1.87. The molecule has 0 bridgehead atoms. The molecule has 0 atom stereocenters. The Bertz CT molecular complexity index is 354. The Morgan fingerprint density at radius 3 is 2.07 bits per heavy atom. The van der Waals surface area contributed by atoms with Crippen LogP contribution < -0.4 is 0 Å². The first kappa shape index (κ1) is 11.0. The average Bonchev–Trinajstić information content (AvgIpc) is 2.69. The first-order valence-corrected chi connectivity index (χ1v) is 4.57. The van der Waals surface area contributed by atoms with Crippen LogP contribution >= 0.6 is 23.2 Å². The number of halogens is 2. The Morgan fingerprint density at radius 1 is 1.07 bits per heavy atom. The van der Waals surface area contributed by atoms with Crippen molar-refractivity contribution < 1.29 is 9.52 Å². The largest absolute Gasteiger partial charge is 0.506 e. The van der Waals surface area contributed by atoms with E-state index in [9.17, 15) is 0 Å². The highest BCUT2D eigenvalue weighted by atomic mass is 35.5. The summed E-state index contributed by atoms with van der Waals surface area (Å²) in [5.41, 5.74) is 0. The highest BCUT2D eigenvalue weighted by molar-refractivity contribution is 6.35. The average molecular weight is 231 g/mol. The number of phenolic OH excluding ortho intramolecular Hbond substituents is 1. The zero-order chi connectivity index (χ0) is 10.4. The molecule has 1 aromatic carbocycles. The van der Waals surface area contributed by atoms with Gasteiger partial charge in [-0.2, -0.15) is 0 Å². The van der Waals surface area contributed by atoms with Crippen molar-refractivity contribution in [3.8, 4) is 5.75 Å². The first-order chi connectivity index (χ1) is 6.70. The van der Waals surface area contributed by atoms with Gasteiger partial charge in [0.2, 0.25) is 0 Å². The fraction of sp³-hybridized carbons (Fsp3) is 0. The van der Waals surface area contributed by atoms with Gasteiger partial charge in [0.05, 0.1) is 17.5 Å². The maximum absolute atomic E-state index is 8.85. The lowest BCUT2D eigenvalue weighted by atomic mass is 10.3. The van der Waals surface area contributed by atoms with E-state index in [1.807, 2.05) is 12.1 Å². The number of aromatic hydroxyl groups is 1. The molecule has 0 saturated heterocycles. The summed E-state index contributed by atoms with van der Waals surface area (Å²) in [6.45, 7) is 0. The molecule has 0 saturated carbocycles. The molecule has 14 heavy (non-hydrogen) atoms. The van der Waals surface area contributed by atoms with Gasteiger partial charge < -0.3 is 9.52 Å². The van der Waals surface area contributed by atoms with E-state index in [-0.39, 0.29) is 10.8 Å². The predicted molar refractivity (Wildman–Crippen MR) is 56.8 cm³/mol. The van der Waals surface area contributed by atoms with Crippen molar-refractivity contribution in [2.75, 3.05) is 0 Å². The SMILES string of the molecule is Oc1ccc(Cl)cc1Cl.c1ccoc1. The second-order valence-electron chi connectivity index (χ2n) is 2.39. The Balaban J connectivity index is 0.000000165. The smallest absolute Gasteiger partial charge is 0.134 e. The van der Waals surface area contributed by atoms with Crippen molar-refractivity contribution in [2.45, 2.75) is 0 Å². The Morgan fingerprint density at radius 2 is 1.71 bits per heavy atom. The van der Waals surface area contributed by atoms with Crippen molar-refractivity contribution >= 4 is 23.2 Å². The topological polar surface area (TPSA) is 33.4 Å². The van der Waals surface area contributed by atoms with E-state index in [1.165, 1.54) is 12.1 Å². The standard InChI is InChI=1S/C6H4Cl2O.C4H4O/c7-4-1-2-6(9)5(8)3-4;1-2-4-5-3-1/h1-3,9H;1-4H. The lowest BCUT2D eigenvalue weighted by Gasteiger charge is -1.93. The van der Waals surface area contributed by atoms with Crippen molar-refractivity contribution in [3.05, 3.63) is 52.9 Å². The van der Waals surface area contributed by atoms with Gasteiger partial charge in [0.1, 0.15) is 5.75 Å². The molecule has 0 aliphatic rings. The van der Waals surface area contributed by atoms with Gasteiger partial charge in [-0.1, -0.05) is 23.2 Å². The molecule has 1 aromatic heterocycles. The van der Waals surface area contributed by atoms with E-state index in [4.69, 9.17) is 28.3 Å². The molecule has 0 aliphatic heterocycles. The molecular formula is C10H8Cl2O2. The third kappa shape index (κ3) is 3.73. The minimum absolute atomic E-state index is 0.0565. The van der Waals surface area contributed by atoms with E-state index in [0.29, 0.717) is 5.02 Å². The normalized spacial score (nSPS) is 9.00. The summed E-state index contributed by atoms with van der Waals surface area (Å²) in [5, 5.41) is 9.66. The summed E-state index contributed by atoms with van der Waals surface area (Å²) in [6, 6.07) is 8.17. The van der Waals surface area contributed by atoms with Crippen LogP contribution in [0.3, 0.4) is 0 Å². The van der Waals surface area contributed by atoms with E-state index in [1.54, 1.807) is 18.6 Å². The van der Waals surface area contributed by atoms with Gasteiger partial charge in [-0.25, -0.2) is 0 Å². The van der Waals surface area contributed by atoms with Gasteiger partial charge in [0.25, 0.3) is 0 Å². The summed E-state index contributed by atoms with van der Waals surface area (Å²) < 4.78 is 4.58. The molecule has 0 aliphatic carbocycles. The third-order valence-electron chi connectivity index (χ3n) is 1.34. The second kappa shape index (κ2) is 5.58. The van der Waals surface area contributed by atoms with Crippen LogP contribution in [0.15, 0.2) is 47.3 Å². The van der Waals surface area contributed by atoms with Gasteiger partial charge in [-0.3, -0.25) is 0 Å². The van der Waals surface area contributed by atoms with Crippen molar-refractivity contribution in [1.82, 2.24) is 0 Å². The van der Waals surface area contributed by atoms with Crippen molar-refractivity contribution in [2.24, 2.45) is 0 Å². The van der Waals surface area contributed by atoms with E-state index >= 15 is 0 Å². The van der Waals surface area contributed by atoms with E-state index in [2.05, 4.69) is 4.42 Å². The lowest BCUT2D eigenvalue weighted by molar-refractivity contribution is 0.475. The maximum Gasteiger partial charge on any atom is 0.134 e. The number of hydrogen-bond donors (Lipinski definition) is 1. The molecule has 1 heterocycles. The van der Waals surface area contributed by atoms with E-state index < -0.39 is 0 Å². The van der Waals surface area contributed by atoms with Crippen molar-refractivity contribution in [1.29, 1.82) is 0 Å². The molecule has 0 radical (unpaired) electrons. The molecule has 0 spiro atoms. The molecular weight excluding hydrogens is 223 g/mol. The van der Waals surface area contributed by atoms with Crippen LogP contribution in [0.25, 0.3) is 0 Å². The second-order valence-corrected chi connectivity index (χ2v) is 3.23. The minimum atomic E-state index is 0.0565. The molecule has 74 valence electrons. The van der Waals surface area contributed by atoms with Crippen LogP contribution in [-0.2, 0) is 0 Å². The number of phenols is 1. The highest BCUT2D eigenvalue weighted by Gasteiger charge is 1.95. The zero-order valence-electron chi connectivity index (χ0n) is 7.15. The maximum atomic E-state index is 8.85. The molecule has 2 rings (SSSR count).